The molecule has 188 valence electrons. The van der Waals surface area contributed by atoms with Crippen molar-refractivity contribution >= 4 is 34.4 Å². The van der Waals surface area contributed by atoms with Crippen LogP contribution in [0.5, 0.6) is 0 Å². The summed E-state index contributed by atoms with van der Waals surface area (Å²) in [6.45, 7) is 2.41. The van der Waals surface area contributed by atoms with E-state index in [0.717, 1.165) is 25.9 Å². The first kappa shape index (κ1) is 23.9. The van der Waals surface area contributed by atoms with E-state index in [9.17, 15) is 23.6 Å². The summed E-state index contributed by atoms with van der Waals surface area (Å²) in [6, 6.07) is 8.66. The van der Waals surface area contributed by atoms with Crippen molar-refractivity contribution < 1.29 is 18.8 Å². The number of rotatable bonds is 5. The lowest BCUT2D eigenvalue weighted by molar-refractivity contribution is -0.135. The molecule has 9 nitrogen and oxygen atoms in total. The van der Waals surface area contributed by atoms with Gasteiger partial charge in [0.2, 0.25) is 11.8 Å². The molecule has 5 rings (SSSR count). The normalized spacial score (nSPS) is 18.9. The molecule has 2 fully saturated rings. The molecule has 3 aromatic rings. The van der Waals surface area contributed by atoms with Crippen molar-refractivity contribution in [2.75, 3.05) is 18.4 Å². The van der Waals surface area contributed by atoms with Gasteiger partial charge in [0, 0.05) is 31.1 Å². The van der Waals surface area contributed by atoms with Crippen molar-refractivity contribution in [1.82, 2.24) is 19.4 Å². The largest absolute Gasteiger partial charge is 0.329 e. The minimum Gasteiger partial charge on any atom is -0.320 e. The molecule has 1 aromatic heterocycles. The molecule has 0 radical (unpaired) electrons. The van der Waals surface area contributed by atoms with Gasteiger partial charge in [0.25, 0.3) is 5.91 Å². The maximum absolute atomic E-state index is 14.8. The fourth-order valence-electron chi connectivity index (χ4n) is 5.14. The summed E-state index contributed by atoms with van der Waals surface area (Å²) in [5.41, 5.74) is 1.54. The number of aromatic nitrogens is 2. The van der Waals surface area contributed by atoms with Gasteiger partial charge in [0.15, 0.2) is 0 Å². The van der Waals surface area contributed by atoms with Gasteiger partial charge < -0.3 is 5.32 Å². The second-order valence-electron chi connectivity index (χ2n) is 9.45. The minimum atomic E-state index is -0.827. The third-order valence-corrected chi connectivity index (χ3v) is 7.03. The second kappa shape index (κ2) is 9.69. The standard InChI is InChI=1S/C26H28FN5O4/c1-30-23-19(6-5-7-20(23)32(26(30)36)21-10-11-22(33)29-25(21)35)28-24(34)16-8-9-17(18(27)14-16)15-31-12-3-2-4-13-31/h5-9,14,21H,2-4,10-13,15H2,1H3,(H,28,34)(H,29,33,35). The van der Waals surface area contributed by atoms with E-state index in [1.807, 2.05) is 0 Å². The van der Waals surface area contributed by atoms with E-state index in [0.29, 0.717) is 28.8 Å². The van der Waals surface area contributed by atoms with E-state index in [2.05, 4.69) is 15.5 Å². The van der Waals surface area contributed by atoms with Crippen molar-refractivity contribution in [2.45, 2.75) is 44.7 Å². The zero-order valence-corrected chi connectivity index (χ0v) is 20.1. The molecule has 2 aliphatic rings. The van der Waals surface area contributed by atoms with E-state index in [-0.39, 0.29) is 24.3 Å². The van der Waals surface area contributed by atoms with Crippen LogP contribution in [0.1, 0.15) is 54.1 Å². The number of fused-ring (bicyclic) bond motifs is 1. The Morgan fingerprint density at radius 1 is 1.11 bits per heavy atom. The number of hydrogen-bond acceptors (Lipinski definition) is 5. The van der Waals surface area contributed by atoms with Crippen molar-refractivity contribution in [3.8, 4) is 0 Å². The Kier molecular flexibility index (Phi) is 6.44. The summed E-state index contributed by atoms with van der Waals surface area (Å²) >= 11 is 0. The van der Waals surface area contributed by atoms with Crippen LogP contribution in [0.2, 0.25) is 0 Å². The molecule has 0 aliphatic carbocycles. The number of imide groups is 1. The van der Waals surface area contributed by atoms with Crippen LogP contribution in [0, 0.1) is 5.82 Å². The van der Waals surface area contributed by atoms with E-state index in [4.69, 9.17) is 0 Å². The summed E-state index contributed by atoms with van der Waals surface area (Å²) in [5, 5.41) is 5.07. The van der Waals surface area contributed by atoms with Crippen LogP contribution in [-0.2, 0) is 23.2 Å². The Hall–Kier alpha value is -3.79. The van der Waals surface area contributed by atoms with Crippen LogP contribution < -0.4 is 16.3 Å². The summed E-state index contributed by atoms with van der Waals surface area (Å²) in [5.74, 6) is -1.84. The monoisotopic (exact) mass is 493 g/mol. The number of anilines is 1. The number of halogens is 1. The van der Waals surface area contributed by atoms with E-state index >= 15 is 0 Å². The first-order valence-corrected chi connectivity index (χ1v) is 12.2. The SMILES string of the molecule is Cn1c(=O)n(C2CCC(=O)NC2=O)c2cccc(NC(=O)c3ccc(CN4CCCCC4)c(F)c3)c21. The molecule has 1 atom stereocenters. The molecule has 2 N–H and O–H groups in total. The number of benzene rings is 2. The van der Waals surface area contributed by atoms with Gasteiger partial charge in [-0.2, -0.15) is 0 Å². The minimum absolute atomic E-state index is 0.134. The predicted octanol–water partition coefficient (Wildman–Crippen LogP) is 2.70. The average molecular weight is 494 g/mol. The fraction of sp³-hybridized carbons (Fsp3) is 0.385. The molecule has 1 unspecified atom stereocenters. The lowest BCUT2D eigenvalue weighted by atomic mass is 10.1. The van der Waals surface area contributed by atoms with Gasteiger partial charge in [-0.25, -0.2) is 9.18 Å². The summed E-state index contributed by atoms with van der Waals surface area (Å²) in [6.07, 6.45) is 3.77. The van der Waals surface area contributed by atoms with Gasteiger partial charge in [0.1, 0.15) is 11.9 Å². The van der Waals surface area contributed by atoms with Crippen molar-refractivity contribution in [2.24, 2.45) is 7.05 Å². The maximum Gasteiger partial charge on any atom is 0.329 e. The third-order valence-electron chi connectivity index (χ3n) is 7.03. The van der Waals surface area contributed by atoms with E-state index < -0.39 is 29.4 Å². The number of nitrogens with zero attached hydrogens (tertiary/aromatic N) is 3. The van der Waals surface area contributed by atoms with Gasteiger partial charge >= 0.3 is 5.69 Å². The molecular weight excluding hydrogens is 465 g/mol. The Balaban J connectivity index is 1.41. The summed E-state index contributed by atoms with van der Waals surface area (Å²) in [7, 11) is 1.55. The van der Waals surface area contributed by atoms with Gasteiger partial charge in [0.05, 0.1) is 16.7 Å². The molecule has 2 aliphatic heterocycles. The number of piperidine rings is 2. The van der Waals surface area contributed by atoms with E-state index in [1.165, 1.54) is 21.6 Å². The highest BCUT2D eigenvalue weighted by Gasteiger charge is 2.31. The predicted molar refractivity (Wildman–Crippen MR) is 132 cm³/mol. The fourth-order valence-corrected chi connectivity index (χ4v) is 5.14. The number of likely N-dealkylation sites (tertiary alicyclic amines) is 1. The molecule has 0 bridgehead atoms. The Labute approximate surface area is 206 Å². The molecule has 3 amide bonds. The number of imidazole rings is 1. The topological polar surface area (TPSA) is 105 Å². The van der Waals surface area contributed by atoms with Crippen LogP contribution in [0.3, 0.4) is 0 Å². The van der Waals surface area contributed by atoms with Crippen LogP contribution in [0.15, 0.2) is 41.2 Å². The Bertz CT molecular complexity index is 1420. The number of carbonyl (C=O) groups excluding carboxylic acids is 3. The van der Waals surface area contributed by atoms with Crippen LogP contribution >= 0.6 is 0 Å². The average Bonchev–Trinajstić information content (AvgIpc) is 3.12. The van der Waals surface area contributed by atoms with Crippen LogP contribution in [-0.4, -0.2) is 44.8 Å². The van der Waals surface area contributed by atoms with Gasteiger partial charge in [-0.15, -0.1) is 0 Å². The number of nitrogens with one attached hydrogen (secondary N) is 2. The number of aryl methyl sites for hydroxylation is 1. The number of carbonyl (C=O) groups is 3. The van der Waals surface area contributed by atoms with Gasteiger partial charge in [-0.05, 0) is 56.6 Å². The van der Waals surface area contributed by atoms with Crippen LogP contribution in [0.25, 0.3) is 11.0 Å². The lowest BCUT2D eigenvalue weighted by Gasteiger charge is -2.26. The van der Waals surface area contributed by atoms with Crippen molar-refractivity contribution in [3.05, 3.63) is 63.8 Å². The highest BCUT2D eigenvalue weighted by Crippen LogP contribution is 2.28. The number of hydrogen-bond donors (Lipinski definition) is 2. The zero-order valence-electron chi connectivity index (χ0n) is 20.1. The highest BCUT2D eigenvalue weighted by molar-refractivity contribution is 6.08. The van der Waals surface area contributed by atoms with Crippen LogP contribution in [0.4, 0.5) is 10.1 Å². The van der Waals surface area contributed by atoms with Gasteiger partial charge in [-0.3, -0.25) is 33.7 Å². The van der Waals surface area contributed by atoms with E-state index in [1.54, 1.807) is 37.4 Å². The molecule has 3 heterocycles. The maximum atomic E-state index is 14.8. The highest BCUT2D eigenvalue weighted by atomic mass is 19.1. The lowest BCUT2D eigenvalue weighted by Crippen LogP contribution is -2.44. The quantitative estimate of drug-likeness (QED) is 0.532. The van der Waals surface area contributed by atoms with Gasteiger partial charge in [-0.1, -0.05) is 18.6 Å². The van der Waals surface area contributed by atoms with Crippen molar-refractivity contribution in [3.63, 3.8) is 0 Å². The molecule has 0 spiro atoms. The Morgan fingerprint density at radius 2 is 1.89 bits per heavy atom. The van der Waals surface area contributed by atoms with Crippen molar-refractivity contribution in [1.29, 1.82) is 0 Å². The summed E-state index contributed by atoms with van der Waals surface area (Å²) in [4.78, 5) is 52.3. The molecule has 2 saturated heterocycles. The third kappa shape index (κ3) is 4.44. The first-order chi connectivity index (χ1) is 17.3. The Morgan fingerprint density at radius 3 is 2.61 bits per heavy atom. The first-order valence-electron chi connectivity index (χ1n) is 12.2. The number of amides is 3. The molecule has 36 heavy (non-hydrogen) atoms. The smallest absolute Gasteiger partial charge is 0.320 e. The molecule has 10 heteroatoms. The number of para-hydroxylation sites is 1. The second-order valence-corrected chi connectivity index (χ2v) is 9.45. The molecule has 0 saturated carbocycles. The molecule has 2 aromatic carbocycles. The molecular formula is C26H28FN5O4. The summed E-state index contributed by atoms with van der Waals surface area (Å²) < 4.78 is 17.5. The zero-order chi connectivity index (χ0) is 25.4.